The topological polar surface area (TPSA) is 47.6 Å². The number of benzene rings is 2. The zero-order chi connectivity index (χ0) is 17.8. The van der Waals surface area contributed by atoms with Crippen LogP contribution in [0, 0.1) is 0 Å². The maximum Gasteiger partial charge on any atom is 0.351 e. The van der Waals surface area contributed by atoms with E-state index in [1.165, 1.54) is 11.1 Å². The Hall–Kier alpha value is -1.45. The van der Waals surface area contributed by atoms with Crippen molar-refractivity contribution in [2.75, 3.05) is 13.2 Å². The highest BCUT2D eigenvalue weighted by Gasteiger charge is 2.53. The van der Waals surface area contributed by atoms with E-state index in [0.29, 0.717) is 32.6 Å². The second kappa shape index (κ2) is 7.84. The van der Waals surface area contributed by atoms with Gasteiger partial charge in [-0.2, -0.15) is 0 Å². The highest BCUT2D eigenvalue weighted by atomic mass is 31.2. The molecule has 0 amide bonds. The van der Waals surface area contributed by atoms with E-state index in [2.05, 4.69) is 29.6 Å². The van der Waals surface area contributed by atoms with Crippen molar-refractivity contribution in [1.29, 1.82) is 0 Å². The Balaban J connectivity index is 1.93. The third-order valence-electron chi connectivity index (χ3n) is 4.67. The summed E-state index contributed by atoms with van der Waals surface area (Å²) in [6.45, 7) is 5.07. The van der Waals surface area contributed by atoms with Crippen LogP contribution in [-0.2, 0) is 33.0 Å². The van der Waals surface area contributed by atoms with Gasteiger partial charge in [0.25, 0.3) is 0 Å². The Kier molecular flexibility index (Phi) is 5.75. The molecule has 0 unspecified atom stereocenters. The highest BCUT2D eigenvalue weighted by molar-refractivity contribution is 7.55. The van der Waals surface area contributed by atoms with Crippen LogP contribution in [0.2, 0.25) is 0 Å². The molecule has 0 heterocycles. The highest BCUT2D eigenvalue weighted by Crippen LogP contribution is 2.63. The first kappa shape index (κ1) is 18.3. The molecule has 2 aromatic rings. The van der Waals surface area contributed by atoms with Gasteiger partial charge in [0.05, 0.1) is 13.2 Å². The molecule has 0 radical (unpaired) electrons. The van der Waals surface area contributed by atoms with Gasteiger partial charge in [-0.15, -0.1) is 0 Å². The van der Waals surface area contributed by atoms with Gasteiger partial charge in [0.15, 0.2) is 0 Å². The lowest BCUT2D eigenvalue weighted by atomic mass is 10.1. The van der Waals surface area contributed by atoms with Crippen LogP contribution in [0.4, 0.5) is 0 Å². The molecule has 0 atom stereocenters. The molecule has 25 heavy (non-hydrogen) atoms. The number of rotatable bonds is 8. The molecule has 3 rings (SSSR count). The van der Waals surface area contributed by atoms with Crippen LogP contribution in [0.25, 0.3) is 0 Å². The van der Waals surface area contributed by atoms with E-state index in [4.69, 9.17) is 9.05 Å². The minimum atomic E-state index is -3.33. The van der Waals surface area contributed by atoms with E-state index in [1.807, 2.05) is 44.2 Å². The molecule has 4 nitrogen and oxygen atoms in total. The van der Waals surface area contributed by atoms with Crippen molar-refractivity contribution in [2.24, 2.45) is 0 Å². The summed E-state index contributed by atoms with van der Waals surface area (Å²) in [6.07, 6.45) is 1.29. The molecule has 0 fully saturated rings. The molecule has 1 N–H and O–H groups in total. The van der Waals surface area contributed by atoms with Crippen molar-refractivity contribution in [3.05, 3.63) is 71.3 Å². The van der Waals surface area contributed by atoms with Crippen LogP contribution in [0.3, 0.4) is 0 Å². The Bertz CT molecular complexity index is 713. The van der Waals surface area contributed by atoms with Crippen molar-refractivity contribution in [2.45, 2.75) is 38.5 Å². The molecular weight excluding hydrogens is 333 g/mol. The van der Waals surface area contributed by atoms with E-state index in [1.54, 1.807) is 0 Å². The van der Waals surface area contributed by atoms with Gasteiger partial charge in [-0.1, -0.05) is 54.6 Å². The van der Waals surface area contributed by atoms with E-state index >= 15 is 0 Å². The van der Waals surface area contributed by atoms with Gasteiger partial charge in [-0.25, -0.2) is 0 Å². The van der Waals surface area contributed by atoms with Crippen LogP contribution >= 0.6 is 7.60 Å². The van der Waals surface area contributed by atoms with Crippen LogP contribution in [0.5, 0.6) is 0 Å². The molecule has 134 valence electrons. The van der Waals surface area contributed by atoms with Gasteiger partial charge >= 0.3 is 7.60 Å². The third kappa shape index (κ3) is 3.73. The quantitative estimate of drug-likeness (QED) is 0.703. The van der Waals surface area contributed by atoms with Gasteiger partial charge < -0.3 is 9.05 Å². The lowest BCUT2D eigenvalue weighted by Crippen LogP contribution is -2.46. The zero-order valence-electron chi connectivity index (χ0n) is 14.9. The molecule has 5 heteroatoms. The molecule has 0 spiro atoms. The smallest absolute Gasteiger partial charge is 0.308 e. The molecule has 0 aliphatic heterocycles. The Morgan fingerprint density at radius 3 is 1.96 bits per heavy atom. The number of nitrogens with one attached hydrogen (secondary N) is 1. The van der Waals surface area contributed by atoms with E-state index < -0.39 is 12.9 Å². The lowest BCUT2D eigenvalue weighted by molar-refractivity contribution is 0.186. The van der Waals surface area contributed by atoms with Gasteiger partial charge in [0.2, 0.25) is 0 Å². The predicted octanol–water partition coefficient (Wildman–Crippen LogP) is 4.54. The summed E-state index contributed by atoms with van der Waals surface area (Å²) in [6, 6.07) is 18.4. The molecule has 2 aromatic carbocycles. The lowest BCUT2D eigenvalue weighted by Gasteiger charge is -2.36. The molecule has 0 saturated heterocycles. The fourth-order valence-electron chi connectivity index (χ4n) is 3.50. The van der Waals surface area contributed by atoms with Crippen molar-refractivity contribution >= 4 is 7.60 Å². The third-order valence-corrected chi connectivity index (χ3v) is 7.39. The second-order valence-corrected chi connectivity index (χ2v) is 8.69. The Morgan fingerprint density at radius 1 is 0.920 bits per heavy atom. The monoisotopic (exact) mass is 359 g/mol. The van der Waals surface area contributed by atoms with E-state index in [-0.39, 0.29) is 0 Å². The normalized spacial score (nSPS) is 15.9. The molecule has 1 aliphatic carbocycles. The van der Waals surface area contributed by atoms with Gasteiger partial charge in [0, 0.05) is 19.4 Å². The van der Waals surface area contributed by atoms with Crippen molar-refractivity contribution in [1.82, 2.24) is 5.32 Å². The molecular formula is C20H26NO3P. The average Bonchev–Trinajstić information content (AvgIpc) is 3.02. The standard InChI is InChI=1S/C20H26NO3P/c1-3-23-25(22,24-4-2)20(21-16-17-10-6-5-7-11-17)14-18-12-8-9-13-19(18)15-20/h5-13,21H,3-4,14-16H2,1-2H3. The summed E-state index contributed by atoms with van der Waals surface area (Å²) < 4.78 is 25.2. The fraction of sp³-hybridized carbons (Fsp3) is 0.400. The minimum absolute atomic E-state index is 0.363. The van der Waals surface area contributed by atoms with Crippen molar-refractivity contribution < 1.29 is 13.6 Å². The van der Waals surface area contributed by atoms with Crippen LogP contribution in [-0.4, -0.2) is 18.5 Å². The molecule has 0 saturated carbocycles. The first-order chi connectivity index (χ1) is 12.1. The Morgan fingerprint density at radius 2 is 1.44 bits per heavy atom. The van der Waals surface area contributed by atoms with Gasteiger partial charge in [-0.05, 0) is 30.5 Å². The van der Waals surface area contributed by atoms with Crippen molar-refractivity contribution in [3.63, 3.8) is 0 Å². The number of fused-ring (bicyclic) bond motifs is 1. The first-order valence-corrected chi connectivity index (χ1v) is 10.4. The van der Waals surface area contributed by atoms with Gasteiger partial charge in [-0.3, -0.25) is 9.88 Å². The summed E-state index contributed by atoms with van der Waals surface area (Å²) in [5, 5.41) is 2.83. The number of hydrogen-bond acceptors (Lipinski definition) is 4. The van der Waals surface area contributed by atoms with E-state index in [9.17, 15) is 4.57 Å². The Labute approximate surface area is 150 Å². The number of hydrogen-bond donors (Lipinski definition) is 1. The summed E-state index contributed by atoms with van der Waals surface area (Å²) >= 11 is 0. The molecule has 0 bridgehead atoms. The zero-order valence-corrected chi connectivity index (χ0v) is 15.8. The van der Waals surface area contributed by atoms with Crippen LogP contribution in [0.1, 0.15) is 30.5 Å². The van der Waals surface area contributed by atoms with Crippen LogP contribution in [0.15, 0.2) is 54.6 Å². The second-order valence-electron chi connectivity index (χ2n) is 6.33. The first-order valence-electron chi connectivity index (χ1n) is 8.87. The average molecular weight is 359 g/mol. The molecule has 1 aliphatic rings. The minimum Gasteiger partial charge on any atom is -0.308 e. The summed E-state index contributed by atoms with van der Waals surface area (Å²) in [5.74, 6) is 0. The maximum atomic E-state index is 13.7. The van der Waals surface area contributed by atoms with Crippen LogP contribution < -0.4 is 5.32 Å². The summed E-state index contributed by atoms with van der Waals surface area (Å²) in [4.78, 5) is 0. The molecule has 0 aromatic heterocycles. The SMILES string of the molecule is CCOP(=O)(OCC)C1(NCc2ccccc2)Cc2ccccc2C1. The van der Waals surface area contributed by atoms with E-state index in [0.717, 1.165) is 5.56 Å². The summed E-state index contributed by atoms with van der Waals surface area (Å²) in [7, 11) is -3.33. The largest absolute Gasteiger partial charge is 0.351 e. The predicted molar refractivity (Wildman–Crippen MR) is 101 cm³/mol. The maximum absolute atomic E-state index is 13.7. The fourth-order valence-corrected chi connectivity index (χ4v) is 5.75. The van der Waals surface area contributed by atoms with Crippen molar-refractivity contribution in [3.8, 4) is 0 Å². The summed E-state index contributed by atoms with van der Waals surface area (Å²) in [5.41, 5.74) is 3.57. The van der Waals surface area contributed by atoms with Gasteiger partial charge in [0.1, 0.15) is 5.28 Å².